The lowest BCUT2D eigenvalue weighted by Gasteiger charge is -2.10. The lowest BCUT2D eigenvalue weighted by atomic mass is 10.1. The first kappa shape index (κ1) is 13.5. The summed E-state index contributed by atoms with van der Waals surface area (Å²) in [6.07, 6.45) is 0. The minimum Gasteiger partial charge on any atom is -0.492 e. The van der Waals surface area contributed by atoms with Gasteiger partial charge in [0.05, 0.1) is 18.8 Å². The first-order valence-corrected chi connectivity index (χ1v) is 5.83. The topological polar surface area (TPSA) is 64.3 Å². The minimum atomic E-state index is 0.0356. The number of carbonyl (C=O) groups excluding carboxylic acids is 1. The van der Waals surface area contributed by atoms with Crippen LogP contribution in [0.25, 0.3) is 0 Å². The van der Waals surface area contributed by atoms with Crippen molar-refractivity contribution in [2.75, 3.05) is 18.9 Å². The maximum atomic E-state index is 11.8. The van der Waals surface area contributed by atoms with Gasteiger partial charge in [0, 0.05) is 11.6 Å². The summed E-state index contributed by atoms with van der Waals surface area (Å²) in [6, 6.07) is 5.43. The molecule has 1 rings (SSSR count). The summed E-state index contributed by atoms with van der Waals surface area (Å²) >= 11 is 0. The zero-order valence-electron chi connectivity index (χ0n) is 10.6. The van der Waals surface area contributed by atoms with Crippen LogP contribution in [0.5, 0.6) is 5.75 Å². The highest BCUT2D eigenvalue weighted by molar-refractivity contribution is 5.98. The van der Waals surface area contributed by atoms with Gasteiger partial charge in [-0.1, -0.05) is 13.8 Å². The summed E-state index contributed by atoms with van der Waals surface area (Å²) in [6.45, 7) is 6.78. The number of nitrogens with one attached hydrogen (secondary N) is 1. The molecule has 0 fully saturated rings. The smallest absolute Gasteiger partial charge is 0.176 e. The van der Waals surface area contributed by atoms with Crippen molar-refractivity contribution >= 4 is 11.5 Å². The Morgan fingerprint density at radius 1 is 1.47 bits per heavy atom. The number of Topliss-reactive ketones (excluding diaryl/α,β-unsaturated/α-hetero) is 1. The molecule has 0 spiro atoms. The number of hydrogen-bond donors (Lipinski definition) is 2. The molecule has 0 bridgehead atoms. The molecule has 3 N–H and O–H groups in total. The van der Waals surface area contributed by atoms with E-state index in [1.807, 2.05) is 20.8 Å². The van der Waals surface area contributed by atoms with Gasteiger partial charge in [-0.25, -0.2) is 0 Å². The van der Waals surface area contributed by atoms with Crippen LogP contribution in [0.4, 0.5) is 5.69 Å². The Kier molecular flexibility index (Phi) is 4.97. The van der Waals surface area contributed by atoms with Crippen molar-refractivity contribution in [2.24, 2.45) is 0 Å². The fourth-order valence-corrected chi connectivity index (χ4v) is 1.41. The van der Waals surface area contributed by atoms with E-state index in [9.17, 15) is 4.79 Å². The van der Waals surface area contributed by atoms with E-state index in [1.165, 1.54) is 0 Å². The Labute approximate surface area is 102 Å². The van der Waals surface area contributed by atoms with Crippen molar-refractivity contribution in [2.45, 2.75) is 26.8 Å². The number of rotatable bonds is 6. The molecule has 0 saturated carbocycles. The van der Waals surface area contributed by atoms with E-state index in [1.54, 1.807) is 18.2 Å². The SMILES string of the molecule is CCOc1ccc(C(=O)CNC(C)C)cc1N. The van der Waals surface area contributed by atoms with Crippen molar-refractivity contribution in [3.05, 3.63) is 23.8 Å². The number of anilines is 1. The maximum absolute atomic E-state index is 11.8. The molecule has 17 heavy (non-hydrogen) atoms. The van der Waals surface area contributed by atoms with Crippen LogP contribution in [0.3, 0.4) is 0 Å². The molecule has 4 heteroatoms. The number of benzene rings is 1. The Morgan fingerprint density at radius 3 is 2.71 bits per heavy atom. The summed E-state index contributed by atoms with van der Waals surface area (Å²) in [5.74, 6) is 0.661. The Morgan fingerprint density at radius 2 is 2.18 bits per heavy atom. The lowest BCUT2D eigenvalue weighted by Crippen LogP contribution is -2.29. The third kappa shape index (κ3) is 4.07. The van der Waals surface area contributed by atoms with Crippen LogP contribution in [0.15, 0.2) is 18.2 Å². The van der Waals surface area contributed by atoms with Crippen LogP contribution in [-0.4, -0.2) is 25.0 Å². The normalized spacial score (nSPS) is 10.6. The first-order chi connectivity index (χ1) is 8.04. The minimum absolute atomic E-state index is 0.0356. The van der Waals surface area contributed by atoms with E-state index >= 15 is 0 Å². The molecule has 0 unspecified atom stereocenters. The summed E-state index contributed by atoms with van der Waals surface area (Å²) in [4.78, 5) is 11.8. The molecule has 0 atom stereocenters. The Bertz CT molecular complexity index is 389. The number of carbonyl (C=O) groups is 1. The maximum Gasteiger partial charge on any atom is 0.176 e. The van der Waals surface area contributed by atoms with E-state index in [0.717, 1.165) is 0 Å². The Hall–Kier alpha value is -1.55. The second kappa shape index (κ2) is 6.25. The van der Waals surface area contributed by atoms with Crippen molar-refractivity contribution in [1.29, 1.82) is 0 Å². The number of nitrogens with two attached hydrogens (primary N) is 1. The van der Waals surface area contributed by atoms with Gasteiger partial charge in [0.2, 0.25) is 0 Å². The van der Waals surface area contributed by atoms with Gasteiger partial charge in [-0.3, -0.25) is 4.79 Å². The molecule has 0 aromatic heterocycles. The summed E-state index contributed by atoms with van der Waals surface area (Å²) < 4.78 is 5.32. The largest absolute Gasteiger partial charge is 0.492 e. The van der Waals surface area contributed by atoms with Gasteiger partial charge >= 0.3 is 0 Å². The van der Waals surface area contributed by atoms with E-state index in [4.69, 9.17) is 10.5 Å². The summed E-state index contributed by atoms with van der Waals surface area (Å²) in [5, 5.41) is 3.08. The summed E-state index contributed by atoms with van der Waals surface area (Å²) in [5.41, 5.74) is 6.92. The highest BCUT2D eigenvalue weighted by Gasteiger charge is 2.09. The predicted octanol–water partition coefficient (Wildman–Crippen LogP) is 1.85. The van der Waals surface area contributed by atoms with Gasteiger partial charge < -0.3 is 15.8 Å². The van der Waals surface area contributed by atoms with Crippen LogP contribution >= 0.6 is 0 Å². The van der Waals surface area contributed by atoms with E-state index in [0.29, 0.717) is 36.2 Å². The molecule has 0 saturated heterocycles. The fourth-order valence-electron chi connectivity index (χ4n) is 1.41. The lowest BCUT2D eigenvalue weighted by molar-refractivity contribution is 0.0988. The number of ketones is 1. The highest BCUT2D eigenvalue weighted by atomic mass is 16.5. The van der Waals surface area contributed by atoms with Gasteiger partial charge in [0.1, 0.15) is 5.75 Å². The zero-order valence-corrected chi connectivity index (χ0v) is 10.6. The van der Waals surface area contributed by atoms with Gasteiger partial charge in [0.15, 0.2) is 5.78 Å². The second-order valence-corrected chi connectivity index (χ2v) is 4.14. The number of hydrogen-bond acceptors (Lipinski definition) is 4. The third-order valence-electron chi connectivity index (χ3n) is 2.30. The quantitative estimate of drug-likeness (QED) is 0.584. The van der Waals surface area contributed by atoms with Crippen molar-refractivity contribution < 1.29 is 9.53 Å². The average Bonchev–Trinajstić information content (AvgIpc) is 2.28. The summed E-state index contributed by atoms with van der Waals surface area (Å²) in [7, 11) is 0. The van der Waals surface area contributed by atoms with Crippen LogP contribution in [0, 0.1) is 0 Å². The molecule has 0 aliphatic carbocycles. The monoisotopic (exact) mass is 236 g/mol. The van der Waals surface area contributed by atoms with Crippen molar-refractivity contribution in [1.82, 2.24) is 5.32 Å². The number of nitrogen functional groups attached to an aromatic ring is 1. The molecular weight excluding hydrogens is 216 g/mol. The van der Waals surface area contributed by atoms with Gasteiger partial charge in [-0.15, -0.1) is 0 Å². The molecule has 0 heterocycles. The van der Waals surface area contributed by atoms with E-state index < -0.39 is 0 Å². The molecule has 1 aromatic rings. The van der Waals surface area contributed by atoms with Gasteiger partial charge in [-0.2, -0.15) is 0 Å². The van der Waals surface area contributed by atoms with Crippen molar-refractivity contribution in [3.63, 3.8) is 0 Å². The van der Waals surface area contributed by atoms with Crippen LogP contribution < -0.4 is 15.8 Å². The molecule has 0 aliphatic rings. The van der Waals surface area contributed by atoms with Crippen molar-refractivity contribution in [3.8, 4) is 5.75 Å². The standard InChI is InChI=1S/C13H20N2O2/c1-4-17-13-6-5-10(7-11(13)14)12(16)8-15-9(2)3/h5-7,9,15H,4,8,14H2,1-3H3. The predicted molar refractivity (Wildman–Crippen MR) is 69.5 cm³/mol. The van der Waals surface area contributed by atoms with E-state index in [-0.39, 0.29) is 5.78 Å². The second-order valence-electron chi connectivity index (χ2n) is 4.14. The van der Waals surface area contributed by atoms with Crippen LogP contribution in [-0.2, 0) is 0 Å². The van der Waals surface area contributed by atoms with Gasteiger partial charge in [0.25, 0.3) is 0 Å². The Balaban J connectivity index is 2.72. The highest BCUT2D eigenvalue weighted by Crippen LogP contribution is 2.22. The molecule has 4 nitrogen and oxygen atoms in total. The molecule has 0 amide bonds. The average molecular weight is 236 g/mol. The van der Waals surface area contributed by atoms with Gasteiger partial charge in [-0.05, 0) is 25.1 Å². The molecule has 0 radical (unpaired) electrons. The van der Waals surface area contributed by atoms with Crippen LogP contribution in [0.2, 0.25) is 0 Å². The zero-order chi connectivity index (χ0) is 12.8. The third-order valence-corrected chi connectivity index (χ3v) is 2.30. The molecule has 1 aromatic carbocycles. The number of ether oxygens (including phenoxy) is 1. The molecule has 94 valence electrons. The van der Waals surface area contributed by atoms with E-state index in [2.05, 4.69) is 5.32 Å². The molecule has 0 aliphatic heterocycles. The van der Waals surface area contributed by atoms with Crippen LogP contribution in [0.1, 0.15) is 31.1 Å². The first-order valence-electron chi connectivity index (χ1n) is 5.83. The molecular formula is C13H20N2O2. The fraction of sp³-hybridized carbons (Fsp3) is 0.462.